The largest absolute Gasteiger partial charge is 0.355 e. The van der Waals surface area contributed by atoms with Crippen molar-refractivity contribution in [2.45, 2.75) is 76.5 Å². The van der Waals surface area contributed by atoms with Crippen LogP contribution in [0.2, 0.25) is 0 Å². The van der Waals surface area contributed by atoms with Gasteiger partial charge in [0, 0.05) is 49.4 Å². The molecule has 4 aliphatic rings. The van der Waals surface area contributed by atoms with E-state index in [-0.39, 0.29) is 18.0 Å². The molecule has 0 bridgehead atoms. The van der Waals surface area contributed by atoms with Gasteiger partial charge in [-0.05, 0) is 77.9 Å². The zero-order valence-electron chi connectivity index (χ0n) is 21.0. The number of hydrogen-bond donors (Lipinski definition) is 2. The zero-order chi connectivity index (χ0) is 23.9. The fourth-order valence-electron chi connectivity index (χ4n) is 6.67. The molecular formula is C26H40N8O. The number of aryl methyl sites for hydroxylation is 1. The van der Waals surface area contributed by atoms with Gasteiger partial charge < -0.3 is 20.9 Å². The molecule has 0 aromatic carbocycles. The highest BCUT2D eigenvalue weighted by molar-refractivity contribution is 5.79. The maximum absolute atomic E-state index is 13.8. The summed E-state index contributed by atoms with van der Waals surface area (Å²) in [5.74, 6) is 1.44. The number of nitrogens with one attached hydrogen (secondary N) is 1. The number of rotatable bonds is 4. The lowest BCUT2D eigenvalue weighted by Crippen LogP contribution is -2.52. The molecule has 2 aromatic heterocycles. The Morgan fingerprint density at radius 1 is 1.09 bits per heavy atom. The summed E-state index contributed by atoms with van der Waals surface area (Å²) >= 11 is 0. The van der Waals surface area contributed by atoms with Gasteiger partial charge in [-0.15, -0.1) is 0 Å². The van der Waals surface area contributed by atoms with Crippen molar-refractivity contribution in [2.75, 3.05) is 44.2 Å². The maximum atomic E-state index is 13.8. The Labute approximate surface area is 208 Å². The Kier molecular flexibility index (Phi) is 6.41. The predicted molar refractivity (Wildman–Crippen MR) is 136 cm³/mol. The highest BCUT2D eigenvalue weighted by Gasteiger charge is 2.37. The molecule has 0 radical (unpaired) electrons. The van der Waals surface area contributed by atoms with Crippen LogP contribution in [0.25, 0.3) is 5.65 Å². The Balaban J connectivity index is 1.22. The van der Waals surface area contributed by atoms with E-state index in [1.807, 2.05) is 4.52 Å². The number of fused-ring (bicyclic) bond motifs is 1. The minimum Gasteiger partial charge on any atom is -0.355 e. The van der Waals surface area contributed by atoms with Gasteiger partial charge in [-0.1, -0.05) is 0 Å². The Morgan fingerprint density at radius 2 is 1.91 bits per heavy atom. The average Bonchev–Trinajstić information content (AvgIpc) is 3.64. The summed E-state index contributed by atoms with van der Waals surface area (Å²) in [6.45, 7) is 7.97. The van der Waals surface area contributed by atoms with E-state index in [1.54, 1.807) is 0 Å². The van der Waals surface area contributed by atoms with Gasteiger partial charge in [-0.25, -0.2) is 9.50 Å². The third kappa shape index (κ3) is 4.54. The second-order valence-electron chi connectivity index (χ2n) is 11.1. The highest BCUT2D eigenvalue weighted by atomic mass is 16.2. The second-order valence-corrected chi connectivity index (χ2v) is 11.1. The van der Waals surface area contributed by atoms with E-state index in [9.17, 15) is 4.79 Å². The van der Waals surface area contributed by atoms with Crippen molar-refractivity contribution in [3.8, 4) is 0 Å². The van der Waals surface area contributed by atoms with E-state index in [1.165, 1.54) is 12.8 Å². The molecule has 0 aliphatic carbocycles. The molecular weight excluding hydrogens is 440 g/mol. The Bertz CT molecular complexity index is 1060. The van der Waals surface area contributed by atoms with Crippen LogP contribution in [0.4, 0.5) is 5.82 Å². The zero-order valence-corrected chi connectivity index (χ0v) is 21.0. The number of hydrogen-bond acceptors (Lipinski definition) is 7. The van der Waals surface area contributed by atoms with Crippen molar-refractivity contribution in [2.24, 2.45) is 11.7 Å². The van der Waals surface area contributed by atoms with Crippen LogP contribution in [0.5, 0.6) is 0 Å². The summed E-state index contributed by atoms with van der Waals surface area (Å²) in [7, 11) is 0. The smallest absolute Gasteiger partial charge is 0.226 e. The maximum Gasteiger partial charge on any atom is 0.226 e. The summed E-state index contributed by atoms with van der Waals surface area (Å²) in [4.78, 5) is 25.8. The summed E-state index contributed by atoms with van der Waals surface area (Å²) in [5, 5.41) is 8.60. The first-order valence-electron chi connectivity index (χ1n) is 13.7. The van der Waals surface area contributed by atoms with E-state index in [0.29, 0.717) is 12.1 Å². The molecule has 4 atom stereocenters. The summed E-state index contributed by atoms with van der Waals surface area (Å²) in [6.07, 6.45) is 11.0. The summed E-state index contributed by atoms with van der Waals surface area (Å²) in [5.41, 5.74) is 9.09. The van der Waals surface area contributed by atoms with Crippen molar-refractivity contribution in [1.29, 1.82) is 0 Å². The molecule has 4 fully saturated rings. The predicted octanol–water partition coefficient (Wildman–Crippen LogP) is 2.05. The van der Waals surface area contributed by atoms with Crippen LogP contribution < -0.4 is 16.0 Å². The fourth-order valence-corrected chi connectivity index (χ4v) is 6.67. The van der Waals surface area contributed by atoms with Gasteiger partial charge in [0.05, 0.1) is 17.9 Å². The number of nitrogens with two attached hydrogens (primary N) is 1. The quantitative estimate of drug-likeness (QED) is 0.692. The highest BCUT2D eigenvalue weighted by Crippen LogP contribution is 2.34. The van der Waals surface area contributed by atoms with E-state index in [0.717, 1.165) is 101 Å². The van der Waals surface area contributed by atoms with Crippen LogP contribution in [0.3, 0.4) is 0 Å². The lowest BCUT2D eigenvalue weighted by atomic mass is 9.90. The van der Waals surface area contributed by atoms with Gasteiger partial charge in [0.25, 0.3) is 0 Å². The molecule has 0 saturated carbocycles. The molecule has 2 aromatic rings. The number of piperidine rings is 2. The molecule has 2 unspecified atom stereocenters. The molecule has 4 saturated heterocycles. The van der Waals surface area contributed by atoms with Crippen molar-refractivity contribution < 1.29 is 4.79 Å². The first-order chi connectivity index (χ1) is 17.1. The van der Waals surface area contributed by atoms with Gasteiger partial charge >= 0.3 is 0 Å². The standard InChI is InChI=1S/C26H40N8O/c1-18-16-34-24(29-25(18)32-13-8-20(27)17-32)15-21(30-34)22-6-2-3-12-33(22)26(35)19-7-9-28-23(14-19)31-10-4-5-11-31/h15-16,19-20,22-23,28H,2-14,17,27H2,1H3/t19?,20-,22-,23?/m0/s1. The van der Waals surface area contributed by atoms with E-state index in [4.69, 9.17) is 15.8 Å². The van der Waals surface area contributed by atoms with Crippen LogP contribution in [0.15, 0.2) is 12.3 Å². The monoisotopic (exact) mass is 480 g/mol. The van der Waals surface area contributed by atoms with Crippen LogP contribution in [-0.4, -0.2) is 81.8 Å². The molecule has 1 amide bonds. The number of carbonyl (C=O) groups excluding carboxylic acids is 1. The molecule has 190 valence electrons. The van der Waals surface area contributed by atoms with Crippen molar-refractivity contribution in [3.63, 3.8) is 0 Å². The normalized spacial score (nSPS) is 30.5. The molecule has 3 N–H and O–H groups in total. The van der Waals surface area contributed by atoms with Gasteiger partial charge in [0.2, 0.25) is 5.91 Å². The Morgan fingerprint density at radius 3 is 2.71 bits per heavy atom. The molecule has 9 heteroatoms. The summed E-state index contributed by atoms with van der Waals surface area (Å²) < 4.78 is 1.90. The topological polar surface area (TPSA) is 95.0 Å². The van der Waals surface area contributed by atoms with E-state index >= 15 is 0 Å². The van der Waals surface area contributed by atoms with Crippen molar-refractivity contribution in [3.05, 3.63) is 23.5 Å². The fraction of sp³-hybridized carbons (Fsp3) is 0.731. The number of aromatic nitrogens is 3. The molecule has 9 nitrogen and oxygen atoms in total. The second kappa shape index (κ2) is 9.67. The van der Waals surface area contributed by atoms with Crippen LogP contribution in [0.1, 0.15) is 68.7 Å². The number of nitrogens with zero attached hydrogens (tertiary/aromatic N) is 6. The Hall–Kier alpha value is -2.23. The summed E-state index contributed by atoms with van der Waals surface area (Å²) in [6, 6.07) is 2.36. The third-order valence-corrected chi connectivity index (χ3v) is 8.59. The number of anilines is 1. The van der Waals surface area contributed by atoms with Gasteiger partial charge in [0.1, 0.15) is 5.82 Å². The van der Waals surface area contributed by atoms with E-state index < -0.39 is 0 Å². The SMILES string of the molecule is Cc1cn2nc([C@@H]3CCCCN3C(=O)C3CCNC(N4CCCC4)C3)cc2nc1N1CC[C@H](N)C1. The first-order valence-corrected chi connectivity index (χ1v) is 13.7. The molecule has 0 spiro atoms. The minimum atomic E-state index is 0.0436. The number of likely N-dealkylation sites (tertiary alicyclic amines) is 2. The number of carbonyl (C=O) groups is 1. The van der Waals surface area contributed by atoms with Crippen LogP contribution in [0, 0.1) is 12.8 Å². The molecule has 35 heavy (non-hydrogen) atoms. The van der Waals surface area contributed by atoms with Gasteiger partial charge in [-0.2, -0.15) is 5.10 Å². The van der Waals surface area contributed by atoms with E-state index in [2.05, 4.69) is 39.2 Å². The van der Waals surface area contributed by atoms with Crippen LogP contribution in [-0.2, 0) is 4.79 Å². The lowest BCUT2D eigenvalue weighted by molar-refractivity contribution is -0.141. The molecule has 6 heterocycles. The van der Waals surface area contributed by atoms with Gasteiger partial charge in [0.15, 0.2) is 5.65 Å². The number of amides is 1. The van der Waals surface area contributed by atoms with Crippen molar-refractivity contribution in [1.82, 2.24) is 29.7 Å². The molecule has 4 aliphatic heterocycles. The van der Waals surface area contributed by atoms with Crippen molar-refractivity contribution >= 4 is 17.4 Å². The average molecular weight is 481 g/mol. The molecule has 6 rings (SSSR count). The van der Waals surface area contributed by atoms with Crippen LogP contribution >= 0.6 is 0 Å². The first kappa shape index (κ1) is 23.2. The van der Waals surface area contributed by atoms with Gasteiger partial charge in [-0.3, -0.25) is 9.69 Å². The lowest BCUT2D eigenvalue weighted by Gasteiger charge is -2.40. The third-order valence-electron chi connectivity index (χ3n) is 8.59. The minimum absolute atomic E-state index is 0.0436.